The van der Waals surface area contributed by atoms with Crippen LogP contribution in [-0.4, -0.2) is 28.2 Å². The number of nitrogens with one attached hydrogen (secondary N) is 1. The average Bonchev–Trinajstić information content (AvgIpc) is 2.29. The smallest absolute Gasteiger partial charge is 0.240 e. The van der Waals surface area contributed by atoms with E-state index in [-0.39, 0.29) is 11.4 Å². The van der Waals surface area contributed by atoms with E-state index in [1.807, 2.05) is 6.92 Å². The van der Waals surface area contributed by atoms with Crippen molar-refractivity contribution in [2.24, 2.45) is 0 Å². The Balaban J connectivity index is 2.88. The van der Waals surface area contributed by atoms with Crippen LogP contribution in [0.5, 0.6) is 0 Å². The first-order valence-corrected chi connectivity index (χ1v) is 7.58. The minimum atomic E-state index is -3.50. The first-order valence-electron chi connectivity index (χ1n) is 5.72. The highest BCUT2D eigenvalue weighted by molar-refractivity contribution is 7.89. The number of rotatable bonds is 6. The number of hydrogen-bond donors (Lipinski definition) is 1. The molecule has 18 heavy (non-hydrogen) atoms. The van der Waals surface area contributed by atoms with E-state index < -0.39 is 10.0 Å². The van der Waals surface area contributed by atoms with Crippen molar-refractivity contribution in [2.45, 2.75) is 25.7 Å². The molecule has 1 aromatic rings. The van der Waals surface area contributed by atoms with Crippen LogP contribution in [-0.2, 0) is 14.8 Å². The standard InChI is InChI=1S/C12H18ClNO3S/c1-4-17-6-5-14-18(15,16)12-8-9(2)11(13)7-10(12)3/h7-8,14H,4-6H2,1-3H3. The van der Waals surface area contributed by atoms with Gasteiger partial charge in [0.05, 0.1) is 11.5 Å². The molecule has 0 spiro atoms. The van der Waals surface area contributed by atoms with E-state index in [0.717, 1.165) is 5.56 Å². The Morgan fingerprint density at radius 2 is 1.94 bits per heavy atom. The fourth-order valence-electron chi connectivity index (χ4n) is 1.51. The lowest BCUT2D eigenvalue weighted by Crippen LogP contribution is -2.28. The summed E-state index contributed by atoms with van der Waals surface area (Å²) in [7, 11) is -3.50. The number of hydrogen-bond acceptors (Lipinski definition) is 3. The van der Waals surface area contributed by atoms with Gasteiger partial charge in [0.15, 0.2) is 0 Å². The molecular formula is C12H18ClNO3S. The highest BCUT2D eigenvalue weighted by Gasteiger charge is 2.17. The predicted molar refractivity (Wildman–Crippen MR) is 72.6 cm³/mol. The van der Waals surface area contributed by atoms with Gasteiger partial charge >= 0.3 is 0 Å². The molecule has 0 saturated carbocycles. The van der Waals surface area contributed by atoms with Crippen LogP contribution in [0.2, 0.25) is 5.02 Å². The van der Waals surface area contributed by atoms with Gasteiger partial charge in [-0.05, 0) is 44.0 Å². The fraction of sp³-hybridized carbons (Fsp3) is 0.500. The lowest BCUT2D eigenvalue weighted by Gasteiger charge is -2.11. The Bertz CT molecular complexity index is 514. The van der Waals surface area contributed by atoms with Crippen LogP contribution in [0.15, 0.2) is 17.0 Å². The lowest BCUT2D eigenvalue weighted by molar-refractivity contribution is 0.153. The third-order valence-electron chi connectivity index (χ3n) is 2.49. The summed E-state index contributed by atoms with van der Waals surface area (Å²) >= 11 is 5.95. The number of halogens is 1. The zero-order valence-electron chi connectivity index (χ0n) is 10.8. The maximum absolute atomic E-state index is 12.1. The molecule has 0 heterocycles. The van der Waals surface area contributed by atoms with Gasteiger partial charge in [0.25, 0.3) is 0 Å². The molecule has 0 aliphatic rings. The molecule has 0 bridgehead atoms. The average molecular weight is 292 g/mol. The molecule has 1 aromatic carbocycles. The SMILES string of the molecule is CCOCCNS(=O)(=O)c1cc(C)c(Cl)cc1C. The second-order valence-corrected chi connectivity index (χ2v) is 6.10. The number of benzene rings is 1. The molecule has 1 N–H and O–H groups in total. The molecule has 1 rings (SSSR count). The Labute approximate surface area is 113 Å². The zero-order valence-corrected chi connectivity index (χ0v) is 12.4. The minimum Gasteiger partial charge on any atom is -0.380 e. The number of ether oxygens (including phenoxy) is 1. The highest BCUT2D eigenvalue weighted by Crippen LogP contribution is 2.23. The Kier molecular flexibility index (Phi) is 5.59. The Morgan fingerprint density at radius 3 is 2.56 bits per heavy atom. The van der Waals surface area contributed by atoms with Crippen molar-refractivity contribution in [1.29, 1.82) is 0 Å². The Morgan fingerprint density at radius 1 is 1.28 bits per heavy atom. The van der Waals surface area contributed by atoms with Gasteiger partial charge in [-0.3, -0.25) is 0 Å². The third-order valence-corrected chi connectivity index (χ3v) is 4.50. The van der Waals surface area contributed by atoms with Gasteiger partial charge in [-0.1, -0.05) is 11.6 Å². The lowest BCUT2D eigenvalue weighted by atomic mass is 10.2. The van der Waals surface area contributed by atoms with Gasteiger partial charge in [0.1, 0.15) is 0 Å². The molecule has 0 radical (unpaired) electrons. The van der Waals surface area contributed by atoms with Crippen molar-refractivity contribution < 1.29 is 13.2 Å². The predicted octanol–water partition coefficient (Wildman–Crippen LogP) is 2.27. The quantitative estimate of drug-likeness (QED) is 0.818. The topological polar surface area (TPSA) is 55.4 Å². The van der Waals surface area contributed by atoms with Crippen molar-refractivity contribution in [1.82, 2.24) is 4.72 Å². The second kappa shape index (κ2) is 6.52. The van der Waals surface area contributed by atoms with Crippen molar-refractivity contribution in [3.63, 3.8) is 0 Å². The van der Waals surface area contributed by atoms with E-state index >= 15 is 0 Å². The van der Waals surface area contributed by atoms with Crippen LogP contribution in [0.3, 0.4) is 0 Å². The van der Waals surface area contributed by atoms with Gasteiger partial charge in [-0.15, -0.1) is 0 Å². The van der Waals surface area contributed by atoms with Gasteiger partial charge in [-0.25, -0.2) is 13.1 Å². The molecule has 0 fully saturated rings. The van der Waals surface area contributed by atoms with E-state index in [2.05, 4.69) is 4.72 Å². The highest BCUT2D eigenvalue weighted by atomic mass is 35.5. The molecule has 6 heteroatoms. The number of aryl methyl sites for hydroxylation is 2. The summed E-state index contributed by atoms with van der Waals surface area (Å²) in [4.78, 5) is 0.265. The van der Waals surface area contributed by atoms with E-state index in [9.17, 15) is 8.42 Å². The molecule has 0 aromatic heterocycles. The van der Waals surface area contributed by atoms with E-state index in [0.29, 0.717) is 23.8 Å². The number of sulfonamides is 1. The van der Waals surface area contributed by atoms with Crippen LogP contribution in [0, 0.1) is 13.8 Å². The van der Waals surface area contributed by atoms with Crippen molar-refractivity contribution >= 4 is 21.6 Å². The third kappa shape index (κ3) is 3.95. The summed E-state index contributed by atoms with van der Waals surface area (Å²) in [6, 6.07) is 3.24. The van der Waals surface area contributed by atoms with Gasteiger partial charge in [0, 0.05) is 18.2 Å². The second-order valence-electron chi connectivity index (χ2n) is 3.96. The molecule has 0 aliphatic heterocycles. The Hall–Kier alpha value is -0.620. The summed E-state index contributed by atoms with van der Waals surface area (Å²) in [5.74, 6) is 0. The van der Waals surface area contributed by atoms with Crippen LogP contribution in [0.4, 0.5) is 0 Å². The summed E-state index contributed by atoms with van der Waals surface area (Å²) in [5.41, 5.74) is 1.38. The molecule has 0 amide bonds. The van der Waals surface area contributed by atoms with Gasteiger partial charge in [0.2, 0.25) is 10.0 Å². The molecule has 0 unspecified atom stereocenters. The van der Waals surface area contributed by atoms with Crippen LogP contribution >= 0.6 is 11.6 Å². The normalized spacial score (nSPS) is 11.8. The first kappa shape index (κ1) is 15.4. The van der Waals surface area contributed by atoms with E-state index in [1.165, 1.54) is 0 Å². The largest absolute Gasteiger partial charge is 0.380 e. The first-order chi connectivity index (χ1) is 8.38. The van der Waals surface area contributed by atoms with Crippen molar-refractivity contribution in [2.75, 3.05) is 19.8 Å². The summed E-state index contributed by atoms with van der Waals surface area (Å²) in [5, 5.41) is 0.570. The maximum atomic E-state index is 12.1. The minimum absolute atomic E-state index is 0.261. The summed E-state index contributed by atoms with van der Waals surface area (Å²) < 4.78 is 31.7. The molecule has 0 atom stereocenters. The molecule has 102 valence electrons. The fourth-order valence-corrected chi connectivity index (χ4v) is 3.05. The van der Waals surface area contributed by atoms with Crippen LogP contribution in [0.25, 0.3) is 0 Å². The van der Waals surface area contributed by atoms with Gasteiger partial charge in [-0.2, -0.15) is 0 Å². The van der Waals surface area contributed by atoms with Crippen molar-refractivity contribution in [3.05, 3.63) is 28.3 Å². The van der Waals surface area contributed by atoms with E-state index in [4.69, 9.17) is 16.3 Å². The molecule has 0 saturated heterocycles. The molecular weight excluding hydrogens is 274 g/mol. The maximum Gasteiger partial charge on any atom is 0.240 e. The zero-order chi connectivity index (χ0) is 13.8. The summed E-state index contributed by atoms with van der Waals surface area (Å²) in [6.07, 6.45) is 0. The monoisotopic (exact) mass is 291 g/mol. The molecule has 4 nitrogen and oxygen atoms in total. The van der Waals surface area contributed by atoms with Crippen LogP contribution < -0.4 is 4.72 Å². The molecule has 0 aliphatic carbocycles. The van der Waals surface area contributed by atoms with Crippen LogP contribution in [0.1, 0.15) is 18.1 Å². The van der Waals surface area contributed by atoms with E-state index in [1.54, 1.807) is 26.0 Å². The summed E-state index contributed by atoms with van der Waals surface area (Å²) in [6.45, 7) is 6.56. The van der Waals surface area contributed by atoms with Crippen molar-refractivity contribution in [3.8, 4) is 0 Å². The van der Waals surface area contributed by atoms with Gasteiger partial charge < -0.3 is 4.74 Å².